The van der Waals surface area contributed by atoms with Gasteiger partial charge in [-0.3, -0.25) is 9.63 Å². The Morgan fingerprint density at radius 3 is 2.52 bits per heavy atom. The van der Waals surface area contributed by atoms with Crippen molar-refractivity contribution in [2.45, 2.75) is 37.5 Å². The summed E-state index contributed by atoms with van der Waals surface area (Å²) in [5.74, 6) is 1.87. The monoisotopic (exact) mass is 344 g/mol. The number of piperidine rings is 1. The van der Waals surface area contributed by atoms with E-state index in [1.165, 1.54) is 12.2 Å². The van der Waals surface area contributed by atoms with Crippen molar-refractivity contribution < 1.29 is 19.6 Å². The molecule has 2 aliphatic rings. The number of terminal acetylenes is 1. The van der Waals surface area contributed by atoms with Crippen LogP contribution in [0.1, 0.15) is 35.4 Å². The molecule has 2 heterocycles. The van der Waals surface area contributed by atoms with Gasteiger partial charge in [-0.2, -0.15) is 5.06 Å². The maximum atomic E-state index is 13.4. The molecule has 0 bridgehead atoms. The number of Topliss-reactive ketones (excluding diaryl/α,β-unsaturated/α-hetero) is 1. The largest absolute Gasteiger partial charge is 0.375 e. The normalized spacial score (nSPS) is 26.9. The van der Waals surface area contributed by atoms with Crippen molar-refractivity contribution in [2.24, 2.45) is 0 Å². The average molecular weight is 344 g/mol. The van der Waals surface area contributed by atoms with E-state index in [1.807, 2.05) is 30.2 Å². The molecule has 2 fully saturated rings. The Bertz CT molecular complexity index is 704. The van der Waals surface area contributed by atoms with E-state index in [0.717, 1.165) is 5.56 Å². The fourth-order valence-electron chi connectivity index (χ4n) is 4.08. The van der Waals surface area contributed by atoms with Crippen LogP contribution >= 0.6 is 0 Å². The summed E-state index contributed by atoms with van der Waals surface area (Å²) in [6.07, 6.45) is 5.60. The van der Waals surface area contributed by atoms with E-state index in [0.29, 0.717) is 37.1 Å². The zero-order chi connectivity index (χ0) is 18.2. The SMILES string of the molecule is C#Cc1ccc(C)cc1C1C(=O)C2(CCN(OC)CC2)N(OC)C1O. The lowest BCUT2D eigenvalue weighted by molar-refractivity contribution is -0.266. The zero-order valence-electron chi connectivity index (χ0n) is 14.9. The van der Waals surface area contributed by atoms with Gasteiger partial charge in [0, 0.05) is 18.7 Å². The van der Waals surface area contributed by atoms with Crippen LogP contribution in [0.25, 0.3) is 0 Å². The van der Waals surface area contributed by atoms with Crippen LogP contribution < -0.4 is 0 Å². The van der Waals surface area contributed by atoms with Gasteiger partial charge < -0.3 is 9.94 Å². The number of aliphatic hydroxyl groups is 1. The van der Waals surface area contributed by atoms with Crippen LogP contribution in [-0.2, 0) is 14.5 Å². The maximum Gasteiger partial charge on any atom is 0.167 e. The summed E-state index contributed by atoms with van der Waals surface area (Å²) in [5, 5.41) is 14.2. The topological polar surface area (TPSA) is 62.2 Å². The Morgan fingerprint density at radius 2 is 1.96 bits per heavy atom. The number of benzene rings is 1. The summed E-state index contributed by atoms with van der Waals surface area (Å²) in [6.45, 7) is 3.13. The molecule has 0 radical (unpaired) electrons. The van der Waals surface area contributed by atoms with E-state index in [2.05, 4.69) is 5.92 Å². The van der Waals surface area contributed by atoms with Gasteiger partial charge in [-0.15, -0.1) is 11.5 Å². The minimum Gasteiger partial charge on any atom is -0.375 e. The predicted molar refractivity (Wildman–Crippen MR) is 92.3 cm³/mol. The molecule has 0 saturated carbocycles. The van der Waals surface area contributed by atoms with Crippen molar-refractivity contribution in [3.8, 4) is 12.3 Å². The van der Waals surface area contributed by atoms with Crippen LogP contribution in [-0.4, -0.2) is 60.1 Å². The zero-order valence-corrected chi connectivity index (χ0v) is 14.9. The van der Waals surface area contributed by atoms with Gasteiger partial charge in [0.05, 0.1) is 20.1 Å². The van der Waals surface area contributed by atoms with E-state index in [9.17, 15) is 9.90 Å². The van der Waals surface area contributed by atoms with Gasteiger partial charge in [0.1, 0.15) is 11.8 Å². The van der Waals surface area contributed by atoms with E-state index >= 15 is 0 Å². The van der Waals surface area contributed by atoms with Crippen molar-refractivity contribution in [3.05, 3.63) is 34.9 Å². The molecule has 1 N–H and O–H groups in total. The molecule has 0 aliphatic carbocycles. The summed E-state index contributed by atoms with van der Waals surface area (Å²) in [4.78, 5) is 24.2. The number of hydrogen-bond acceptors (Lipinski definition) is 6. The van der Waals surface area contributed by atoms with Crippen molar-refractivity contribution >= 4 is 5.78 Å². The van der Waals surface area contributed by atoms with Gasteiger partial charge >= 0.3 is 0 Å². The number of aryl methyl sites for hydroxylation is 1. The molecule has 25 heavy (non-hydrogen) atoms. The molecule has 0 amide bonds. The van der Waals surface area contributed by atoms with Crippen LogP contribution in [0.5, 0.6) is 0 Å². The lowest BCUT2D eigenvalue weighted by Gasteiger charge is -2.41. The molecule has 1 spiro atoms. The number of nitrogens with zero attached hydrogens (tertiary/aromatic N) is 2. The molecule has 1 aromatic rings. The van der Waals surface area contributed by atoms with Crippen LogP contribution in [0.3, 0.4) is 0 Å². The molecule has 0 aromatic heterocycles. The average Bonchev–Trinajstić information content (AvgIpc) is 2.82. The summed E-state index contributed by atoms with van der Waals surface area (Å²) in [6, 6.07) is 5.61. The maximum absolute atomic E-state index is 13.4. The van der Waals surface area contributed by atoms with Crippen molar-refractivity contribution in [2.75, 3.05) is 27.3 Å². The van der Waals surface area contributed by atoms with E-state index in [-0.39, 0.29) is 5.78 Å². The third kappa shape index (κ3) is 2.78. The van der Waals surface area contributed by atoms with Crippen LogP contribution in [0, 0.1) is 19.3 Å². The van der Waals surface area contributed by atoms with Gasteiger partial charge in [-0.25, -0.2) is 0 Å². The molecule has 2 unspecified atom stereocenters. The molecule has 2 aliphatic heterocycles. The Labute approximate surface area is 148 Å². The van der Waals surface area contributed by atoms with Crippen LogP contribution in [0.2, 0.25) is 0 Å². The first-order valence-electron chi connectivity index (χ1n) is 8.40. The lowest BCUT2D eigenvalue weighted by atomic mass is 9.79. The number of hydrogen-bond donors (Lipinski definition) is 1. The number of hydroxylamine groups is 4. The fraction of sp³-hybridized carbons (Fsp3) is 0.526. The smallest absolute Gasteiger partial charge is 0.167 e. The van der Waals surface area contributed by atoms with E-state index in [4.69, 9.17) is 16.1 Å². The van der Waals surface area contributed by atoms with Crippen LogP contribution in [0.4, 0.5) is 0 Å². The molecule has 6 nitrogen and oxygen atoms in total. The third-order valence-corrected chi connectivity index (χ3v) is 5.40. The van der Waals surface area contributed by atoms with Crippen molar-refractivity contribution in [1.82, 2.24) is 10.1 Å². The van der Waals surface area contributed by atoms with Gasteiger partial charge in [-0.05, 0) is 31.4 Å². The predicted octanol–water partition coefficient (Wildman–Crippen LogP) is 1.22. The quantitative estimate of drug-likeness (QED) is 0.832. The van der Waals surface area contributed by atoms with Gasteiger partial charge in [0.2, 0.25) is 0 Å². The fourth-order valence-corrected chi connectivity index (χ4v) is 4.08. The van der Waals surface area contributed by atoms with Gasteiger partial charge in [-0.1, -0.05) is 23.6 Å². The van der Waals surface area contributed by atoms with E-state index < -0.39 is 17.7 Å². The summed E-state index contributed by atoms with van der Waals surface area (Å²) in [5.41, 5.74) is 1.45. The first kappa shape index (κ1) is 18.1. The van der Waals surface area contributed by atoms with Crippen LogP contribution in [0.15, 0.2) is 18.2 Å². The van der Waals surface area contributed by atoms with Gasteiger partial charge in [0.25, 0.3) is 0 Å². The Kier molecular flexibility index (Phi) is 4.96. The second kappa shape index (κ2) is 6.87. The highest BCUT2D eigenvalue weighted by molar-refractivity contribution is 5.97. The highest BCUT2D eigenvalue weighted by Crippen LogP contribution is 2.46. The van der Waals surface area contributed by atoms with Gasteiger partial charge in [0.15, 0.2) is 5.78 Å². The van der Waals surface area contributed by atoms with Crippen molar-refractivity contribution in [1.29, 1.82) is 0 Å². The third-order valence-electron chi connectivity index (χ3n) is 5.40. The first-order chi connectivity index (χ1) is 12.0. The number of carbonyl (C=O) groups excluding carboxylic acids is 1. The van der Waals surface area contributed by atoms with E-state index in [1.54, 1.807) is 7.11 Å². The lowest BCUT2D eigenvalue weighted by Crippen LogP contribution is -2.56. The number of carbonyl (C=O) groups is 1. The first-order valence-corrected chi connectivity index (χ1v) is 8.40. The molecule has 2 atom stereocenters. The second-order valence-electron chi connectivity index (χ2n) is 6.64. The molecular formula is C19H24N2O4. The molecule has 3 rings (SSSR count). The number of rotatable bonds is 3. The Balaban J connectivity index is 2.02. The molecule has 6 heteroatoms. The molecule has 2 saturated heterocycles. The number of ketones is 1. The summed E-state index contributed by atoms with van der Waals surface area (Å²) < 4.78 is 0. The number of aliphatic hydroxyl groups excluding tert-OH is 1. The second-order valence-corrected chi connectivity index (χ2v) is 6.64. The Hall–Kier alpha value is -1.75. The molecule has 1 aromatic carbocycles. The molecule has 134 valence electrons. The minimum atomic E-state index is -1.07. The highest BCUT2D eigenvalue weighted by atomic mass is 16.7. The standard InChI is InChI=1S/C19H24N2O4/c1-5-14-7-6-13(2)12-15(14)16-17(22)19(21(25-4)18(16)23)8-10-20(24-3)11-9-19/h1,6-7,12,16,18,23H,8-11H2,2-4H3. The Morgan fingerprint density at radius 1 is 1.28 bits per heavy atom. The minimum absolute atomic E-state index is 0.0419. The molecular weight excluding hydrogens is 320 g/mol. The van der Waals surface area contributed by atoms with Crippen molar-refractivity contribution in [3.63, 3.8) is 0 Å². The summed E-state index contributed by atoms with van der Waals surface area (Å²) >= 11 is 0. The summed E-state index contributed by atoms with van der Waals surface area (Å²) in [7, 11) is 3.10. The highest BCUT2D eigenvalue weighted by Gasteiger charge is 2.60.